The van der Waals surface area contributed by atoms with Gasteiger partial charge in [0.05, 0.1) is 12.5 Å². The Kier molecular flexibility index (Phi) is 4.81. The van der Waals surface area contributed by atoms with Gasteiger partial charge in [0.15, 0.2) is 0 Å². The van der Waals surface area contributed by atoms with Crippen LogP contribution in [0.5, 0.6) is 0 Å². The summed E-state index contributed by atoms with van der Waals surface area (Å²) in [6.45, 7) is -0.0758. The van der Waals surface area contributed by atoms with E-state index in [9.17, 15) is 9.59 Å². The molecule has 0 unspecified atom stereocenters. The molecule has 0 spiro atoms. The predicted molar refractivity (Wildman–Crippen MR) is 79.3 cm³/mol. The summed E-state index contributed by atoms with van der Waals surface area (Å²) in [5.41, 5.74) is 0.509. The molecule has 1 amide bonds. The average Bonchev–Trinajstić information content (AvgIpc) is 2.95. The van der Waals surface area contributed by atoms with Crippen LogP contribution in [0.3, 0.4) is 0 Å². The number of hydrogen-bond donors (Lipinski definition) is 1. The molecule has 1 aliphatic carbocycles. The van der Waals surface area contributed by atoms with E-state index >= 15 is 0 Å². The lowest BCUT2D eigenvalue weighted by molar-refractivity contribution is -0.141. The van der Waals surface area contributed by atoms with E-state index in [1.54, 1.807) is 0 Å². The summed E-state index contributed by atoms with van der Waals surface area (Å²) in [5.74, 6) is -0.509. The van der Waals surface area contributed by atoms with E-state index in [4.69, 9.17) is 0 Å². The number of nitrogens with one attached hydrogen (secondary N) is 1. The first kappa shape index (κ1) is 15.0. The molecule has 20 heavy (non-hydrogen) atoms. The van der Waals surface area contributed by atoms with Gasteiger partial charge in [0, 0.05) is 4.47 Å². The quantitative estimate of drug-likeness (QED) is 0.857. The molecule has 2 rings (SSSR count). The highest BCUT2D eigenvalue weighted by molar-refractivity contribution is 9.10. The van der Waals surface area contributed by atoms with Gasteiger partial charge in [-0.1, -0.05) is 40.9 Å². The van der Waals surface area contributed by atoms with Crippen LogP contribution in [0.2, 0.25) is 0 Å². The summed E-state index contributed by atoms with van der Waals surface area (Å²) >= 11 is 3.41. The van der Waals surface area contributed by atoms with Gasteiger partial charge in [0.2, 0.25) is 5.91 Å². The number of amides is 1. The third-order valence-corrected chi connectivity index (χ3v) is 4.44. The fourth-order valence-corrected chi connectivity index (χ4v) is 3.05. The maximum absolute atomic E-state index is 12.5. The van der Waals surface area contributed by atoms with Gasteiger partial charge < -0.3 is 10.1 Å². The Hall–Kier alpha value is -1.36. The highest BCUT2D eigenvalue weighted by atomic mass is 79.9. The zero-order valence-corrected chi connectivity index (χ0v) is 13.0. The van der Waals surface area contributed by atoms with Crippen LogP contribution >= 0.6 is 15.9 Å². The monoisotopic (exact) mass is 339 g/mol. The van der Waals surface area contributed by atoms with E-state index < -0.39 is 11.4 Å². The summed E-state index contributed by atoms with van der Waals surface area (Å²) in [6.07, 6.45) is 3.70. The van der Waals surface area contributed by atoms with Crippen molar-refractivity contribution in [2.45, 2.75) is 31.1 Å². The van der Waals surface area contributed by atoms with E-state index in [0.717, 1.165) is 35.7 Å². The Morgan fingerprint density at radius 3 is 2.40 bits per heavy atom. The average molecular weight is 340 g/mol. The molecule has 5 heteroatoms. The number of carbonyl (C=O) groups excluding carboxylic acids is 2. The van der Waals surface area contributed by atoms with Crippen molar-refractivity contribution in [2.24, 2.45) is 0 Å². The first-order chi connectivity index (χ1) is 9.58. The van der Waals surface area contributed by atoms with Crippen molar-refractivity contribution in [2.75, 3.05) is 13.7 Å². The molecule has 0 aromatic heterocycles. The van der Waals surface area contributed by atoms with Crippen LogP contribution in [0, 0.1) is 0 Å². The number of carbonyl (C=O) groups is 2. The molecule has 1 aromatic rings. The van der Waals surface area contributed by atoms with E-state index in [1.165, 1.54) is 7.11 Å². The van der Waals surface area contributed by atoms with Gasteiger partial charge >= 0.3 is 5.97 Å². The normalized spacial score (nSPS) is 16.7. The van der Waals surface area contributed by atoms with Gasteiger partial charge in [-0.2, -0.15) is 0 Å². The minimum atomic E-state index is -0.505. The van der Waals surface area contributed by atoms with Gasteiger partial charge in [-0.15, -0.1) is 0 Å². The second-order valence-corrected chi connectivity index (χ2v) is 5.97. The Balaban J connectivity index is 2.19. The zero-order chi connectivity index (χ0) is 14.6. The van der Waals surface area contributed by atoms with Crippen molar-refractivity contribution in [1.29, 1.82) is 0 Å². The van der Waals surface area contributed by atoms with E-state index in [-0.39, 0.29) is 12.5 Å². The molecule has 1 aromatic carbocycles. The zero-order valence-electron chi connectivity index (χ0n) is 11.4. The first-order valence-electron chi connectivity index (χ1n) is 6.70. The summed E-state index contributed by atoms with van der Waals surface area (Å²) < 4.78 is 5.55. The van der Waals surface area contributed by atoms with Crippen LogP contribution < -0.4 is 5.32 Å². The molecular formula is C15H18BrNO3. The van der Waals surface area contributed by atoms with Crippen LogP contribution in [0.25, 0.3) is 0 Å². The minimum Gasteiger partial charge on any atom is -0.468 e. The van der Waals surface area contributed by atoms with Crippen molar-refractivity contribution in [1.82, 2.24) is 5.32 Å². The lowest BCUT2D eigenvalue weighted by atomic mass is 9.78. The number of ether oxygens (including phenoxy) is 1. The highest BCUT2D eigenvalue weighted by Crippen LogP contribution is 2.41. The standard InChI is InChI=1S/C15H18BrNO3/c1-20-13(18)10-17-14(19)15(8-2-3-9-15)11-4-6-12(16)7-5-11/h4-7H,2-3,8-10H2,1H3,(H,17,19). The molecule has 1 saturated carbocycles. The molecule has 0 radical (unpaired) electrons. The number of esters is 1. The Morgan fingerprint density at radius 1 is 1.25 bits per heavy atom. The van der Waals surface area contributed by atoms with Crippen LogP contribution in [0.4, 0.5) is 0 Å². The summed E-state index contributed by atoms with van der Waals surface area (Å²) in [7, 11) is 1.31. The fraction of sp³-hybridized carbons (Fsp3) is 0.467. The molecule has 4 nitrogen and oxygen atoms in total. The van der Waals surface area contributed by atoms with Gasteiger partial charge in [-0.3, -0.25) is 9.59 Å². The smallest absolute Gasteiger partial charge is 0.325 e. The molecule has 0 aliphatic heterocycles. The molecule has 0 bridgehead atoms. The molecule has 0 atom stereocenters. The van der Waals surface area contributed by atoms with Crippen LogP contribution in [0.15, 0.2) is 28.7 Å². The number of benzene rings is 1. The molecule has 1 N–H and O–H groups in total. The SMILES string of the molecule is COC(=O)CNC(=O)C1(c2ccc(Br)cc2)CCCC1. The van der Waals surface area contributed by atoms with Gasteiger partial charge in [0.25, 0.3) is 0 Å². The molecule has 1 aliphatic rings. The predicted octanol–water partition coefficient (Wildman–Crippen LogP) is 2.55. The highest BCUT2D eigenvalue weighted by Gasteiger charge is 2.42. The van der Waals surface area contributed by atoms with Gasteiger partial charge in [-0.25, -0.2) is 0 Å². The Labute approximate surface area is 127 Å². The summed E-state index contributed by atoms with van der Waals surface area (Å²) in [6, 6.07) is 7.85. The van der Waals surface area contributed by atoms with Crippen molar-refractivity contribution in [3.05, 3.63) is 34.3 Å². The van der Waals surface area contributed by atoms with E-state index in [2.05, 4.69) is 26.0 Å². The van der Waals surface area contributed by atoms with Crippen LogP contribution in [-0.4, -0.2) is 25.5 Å². The Morgan fingerprint density at radius 2 is 1.85 bits per heavy atom. The number of halogens is 1. The fourth-order valence-electron chi connectivity index (χ4n) is 2.79. The Bertz CT molecular complexity index is 492. The third kappa shape index (κ3) is 3.03. The number of methoxy groups -OCH3 is 1. The summed E-state index contributed by atoms with van der Waals surface area (Å²) in [5, 5.41) is 2.70. The van der Waals surface area contributed by atoms with E-state index in [0.29, 0.717) is 0 Å². The topological polar surface area (TPSA) is 55.4 Å². The van der Waals surface area contributed by atoms with Crippen LogP contribution in [-0.2, 0) is 19.7 Å². The van der Waals surface area contributed by atoms with Crippen molar-refractivity contribution < 1.29 is 14.3 Å². The van der Waals surface area contributed by atoms with Crippen molar-refractivity contribution >= 4 is 27.8 Å². The van der Waals surface area contributed by atoms with E-state index in [1.807, 2.05) is 24.3 Å². The molecule has 0 heterocycles. The van der Waals surface area contributed by atoms with Crippen LogP contribution in [0.1, 0.15) is 31.2 Å². The molecular weight excluding hydrogens is 322 g/mol. The largest absolute Gasteiger partial charge is 0.468 e. The van der Waals surface area contributed by atoms with Crippen molar-refractivity contribution in [3.8, 4) is 0 Å². The first-order valence-corrected chi connectivity index (χ1v) is 7.49. The molecule has 1 fully saturated rings. The number of rotatable bonds is 4. The third-order valence-electron chi connectivity index (χ3n) is 3.91. The lowest BCUT2D eigenvalue weighted by Gasteiger charge is -2.28. The summed E-state index contributed by atoms with van der Waals surface area (Å²) in [4.78, 5) is 23.7. The minimum absolute atomic E-state index is 0.0758. The molecule has 0 saturated heterocycles. The van der Waals surface area contributed by atoms with Crippen molar-refractivity contribution in [3.63, 3.8) is 0 Å². The number of hydrogen-bond acceptors (Lipinski definition) is 3. The lowest BCUT2D eigenvalue weighted by Crippen LogP contribution is -2.44. The van der Waals surface area contributed by atoms with Gasteiger partial charge in [-0.05, 0) is 30.5 Å². The molecule has 108 valence electrons. The maximum atomic E-state index is 12.5. The second kappa shape index (κ2) is 6.39. The second-order valence-electron chi connectivity index (χ2n) is 5.05. The van der Waals surface area contributed by atoms with Gasteiger partial charge in [0.1, 0.15) is 6.54 Å². The maximum Gasteiger partial charge on any atom is 0.325 e.